The van der Waals surface area contributed by atoms with Gasteiger partial charge in [0, 0.05) is 0 Å². The highest BCUT2D eigenvalue weighted by atomic mass is 16.5. The van der Waals surface area contributed by atoms with Crippen molar-refractivity contribution in [3.8, 4) is 11.4 Å². The average Bonchev–Trinajstić information content (AvgIpc) is 3.08. The average molecular weight is 364 g/mol. The normalized spacial score (nSPS) is 10.3. The van der Waals surface area contributed by atoms with Crippen LogP contribution < -0.4 is 15.6 Å². The number of nitrogens with one attached hydrogen (secondary N) is 2. The standard InChI is InChI=1S/C20H20N4O3/c1-14-18(13-21-24(14)16-8-4-3-5-9-16)20(26)23-22-19(25)12-15-7-6-10-17(11-15)27-2/h3-11,13H,12H2,1-2H3,(H,22,25)(H,23,26). The molecule has 3 aromatic rings. The van der Waals surface area contributed by atoms with Crippen molar-refractivity contribution in [2.24, 2.45) is 0 Å². The Kier molecular flexibility index (Phi) is 5.51. The zero-order valence-corrected chi connectivity index (χ0v) is 15.1. The molecule has 0 aliphatic rings. The van der Waals surface area contributed by atoms with Gasteiger partial charge >= 0.3 is 0 Å². The minimum Gasteiger partial charge on any atom is -0.497 e. The maximum Gasteiger partial charge on any atom is 0.273 e. The number of ether oxygens (including phenoxy) is 1. The monoisotopic (exact) mass is 364 g/mol. The van der Waals surface area contributed by atoms with Gasteiger partial charge in [-0.15, -0.1) is 0 Å². The van der Waals surface area contributed by atoms with Crippen LogP contribution >= 0.6 is 0 Å². The summed E-state index contributed by atoms with van der Waals surface area (Å²) in [7, 11) is 1.57. The zero-order valence-electron chi connectivity index (χ0n) is 15.1. The molecule has 0 fully saturated rings. The van der Waals surface area contributed by atoms with Crippen LogP contribution in [0.1, 0.15) is 21.6 Å². The van der Waals surface area contributed by atoms with Gasteiger partial charge < -0.3 is 4.74 Å². The summed E-state index contributed by atoms with van der Waals surface area (Å²) in [5, 5.41) is 4.25. The van der Waals surface area contributed by atoms with E-state index >= 15 is 0 Å². The molecule has 0 radical (unpaired) electrons. The highest BCUT2D eigenvalue weighted by Gasteiger charge is 2.15. The molecule has 0 bridgehead atoms. The molecule has 27 heavy (non-hydrogen) atoms. The number of methoxy groups -OCH3 is 1. The summed E-state index contributed by atoms with van der Waals surface area (Å²) in [5.41, 5.74) is 7.57. The van der Waals surface area contributed by atoms with Gasteiger partial charge in [0.05, 0.1) is 36.7 Å². The first-order valence-electron chi connectivity index (χ1n) is 8.40. The molecule has 3 rings (SSSR count). The SMILES string of the molecule is COc1cccc(CC(=O)NNC(=O)c2cnn(-c3ccccc3)c2C)c1. The van der Waals surface area contributed by atoms with Crippen LogP contribution in [0.3, 0.4) is 0 Å². The lowest BCUT2D eigenvalue weighted by Gasteiger charge is -2.08. The van der Waals surface area contributed by atoms with Gasteiger partial charge in [0.2, 0.25) is 5.91 Å². The summed E-state index contributed by atoms with van der Waals surface area (Å²) < 4.78 is 6.81. The van der Waals surface area contributed by atoms with Gasteiger partial charge in [-0.2, -0.15) is 5.10 Å². The Hall–Kier alpha value is -3.61. The fourth-order valence-corrected chi connectivity index (χ4v) is 2.67. The highest BCUT2D eigenvalue weighted by molar-refractivity contribution is 5.96. The van der Waals surface area contributed by atoms with Gasteiger partial charge in [-0.25, -0.2) is 4.68 Å². The first-order chi connectivity index (χ1) is 13.1. The van der Waals surface area contributed by atoms with Crippen LogP contribution in [0.2, 0.25) is 0 Å². The van der Waals surface area contributed by atoms with Gasteiger partial charge in [-0.1, -0.05) is 30.3 Å². The summed E-state index contributed by atoms with van der Waals surface area (Å²) in [5.74, 6) is -0.0772. The number of hydrogen-bond donors (Lipinski definition) is 2. The summed E-state index contributed by atoms with van der Waals surface area (Å²) in [6.45, 7) is 1.80. The zero-order chi connectivity index (χ0) is 19.2. The smallest absolute Gasteiger partial charge is 0.273 e. The molecular weight excluding hydrogens is 344 g/mol. The second-order valence-electron chi connectivity index (χ2n) is 5.92. The molecule has 138 valence electrons. The van der Waals surface area contributed by atoms with E-state index in [1.54, 1.807) is 36.9 Å². The predicted molar refractivity (Wildman–Crippen MR) is 101 cm³/mol. The van der Waals surface area contributed by atoms with E-state index < -0.39 is 5.91 Å². The summed E-state index contributed by atoms with van der Waals surface area (Å²) >= 11 is 0. The molecule has 0 aliphatic carbocycles. The number of aromatic nitrogens is 2. The van der Waals surface area contributed by atoms with Crippen molar-refractivity contribution in [1.29, 1.82) is 0 Å². The Labute approximate surface area is 156 Å². The number of carbonyl (C=O) groups is 2. The molecule has 0 saturated carbocycles. The van der Waals surface area contributed by atoms with Crippen molar-refractivity contribution in [3.05, 3.63) is 77.6 Å². The molecule has 0 atom stereocenters. The number of nitrogens with zero attached hydrogens (tertiary/aromatic N) is 2. The van der Waals surface area contributed by atoms with Gasteiger partial charge in [0.1, 0.15) is 5.75 Å². The molecule has 7 heteroatoms. The van der Waals surface area contributed by atoms with E-state index in [1.165, 1.54) is 6.20 Å². The number of rotatable bonds is 5. The fraction of sp³-hybridized carbons (Fsp3) is 0.150. The maximum atomic E-state index is 12.4. The summed E-state index contributed by atoms with van der Waals surface area (Å²) in [6, 6.07) is 16.7. The van der Waals surface area contributed by atoms with E-state index in [9.17, 15) is 9.59 Å². The number of para-hydroxylation sites is 1. The van der Waals surface area contributed by atoms with E-state index in [0.29, 0.717) is 17.0 Å². The molecule has 2 amide bonds. The Morgan fingerprint density at radius 1 is 1.07 bits per heavy atom. The minimum absolute atomic E-state index is 0.125. The van der Waals surface area contributed by atoms with E-state index in [-0.39, 0.29) is 12.3 Å². The van der Waals surface area contributed by atoms with Crippen LogP contribution in [0.15, 0.2) is 60.8 Å². The van der Waals surface area contributed by atoms with Gasteiger partial charge in [-0.05, 0) is 36.8 Å². The van der Waals surface area contributed by atoms with Crippen LogP contribution in [0.5, 0.6) is 5.75 Å². The molecule has 2 aromatic carbocycles. The lowest BCUT2D eigenvalue weighted by Crippen LogP contribution is -2.42. The molecule has 0 spiro atoms. The molecule has 2 N–H and O–H groups in total. The minimum atomic E-state index is -0.423. The van der Waals surface area contributed by atoms with Crippen molar-refractivity contribution in [2.45, 2.75) is 13.3 Å². The number of amides is 2. The number of carbonyl (C=O) groups excluding carboxylic acids is 2. The molecule has 1 aromatic heterocycles. The first kappa shape index (κ1) is 18.2. The number of benzene rings is 2. The third-order valence-corrected chi connectivity index (χ3v) is 4.07. The molecule has 7 nitrogen and oxygen atoms in total. The fourth-order valence-electron chi connectivity index (χ4n) is 2.67. The van der Waals surface area contributed by atoms with Gasteiger partial charge in [0.15, 0.2) is 0 Å². The molecule has 1 heterocycles. The van der Waals surface area contributed by atoms with E-state index in [0.717, 1.165) is 11.3 Å². The summed E-state index contributed by atoms with van der Waals surface area (Å²) in [6.07, 6.45) is 1.60. The molecular formula is C20H20N4O3. The highest BCUT2D eigenvalue weighted by Crippen LogP contribution is 2.14. The van der Waals surface area contributed by atoms with Gasteiger partial charge in [0.25, 0.3) is 5.91 Å². The third-order valence-electron chi connectivity index (χ3n) is 4.07. The Bertz CT molecular complexity index is 951. The van der Waals surface area contributed by atoms with Crippen molar-refractivity contribution in [3.63, 3.8) is 0 Å². The van der Waals surface area contributed by atoms with E-state index in [1.807, 2.05) is 36.4 Å². The van der Waals surface area contributed by atoms with E-state index in [2.05, 4.69) is 16.0 Å². The predicted octanol–water partition coefficient (Wildman–Crippen LogP) is 2.19. The van der Waals surface area contributed by atoms with Crippen molar-refractivity contribution < 1.29 is 14.3 Å². The van der Waals surface area contributed by atoms with Crippen LogP contribution in [-0.4, -0.2) is 28.7 Å². The molecule has 0 saturated heterocycles. The van der Waals surface area contributed by atoms with Crippen molar-refractivity contribution in [1.82, 2.24) is 20.6 Å². The Balaban J connectivity index is 1.61. The molecule has 0 aliphatic heterocycles. The lowest BCUT2D eigenvalue weighted by molar-refractivity contribution is -0.121. The van der Waals surface area contributed by atoms with Crippen LogP contribution in [0.4, 0.5) is 0 Å². The maximum absolute atomic E-state index is 12.4. The largest absolute Gasteiger partial charge is 0.497 e. The van der Waals surface area contributed by atoms with Crippen molar-refractivity contribution in [2.75, 3.05) is 7.11 Å². The number of hydrogen-bond acceptors (Lipinski definition) is 4. The Morgan fingerprint density at radius 3 is 2.59 bits per heavy atom. The first-order valence-corrected chi connectivity index (χ1v) is 8.40. The van der Waals surface area contributed by atoms with Crippen LogP contribution in [-0.2, 0) is 11.2 Å². The van der Waals surface area contributed by atoms with Crippen LogP contribution in [0, 0.1) is 6.92 Å². The molecule has 0 unspecified atom stereocenters. The quantitative estimate of drug-likeness (QED) is 0.680. The lowest BCUT2D eigenvalue weighted by atomic mass is 10.1. The Morgan fingerprint density at radius 2 is 1.85 bits per heavy atom. The second kappa shape index (κ2) is 8.18. The topological polar surface area (TPSA) is 85.2 Å². The second-order valence-corrected chi connectivity index (χ2v) is 5.92. The van der Waals surface area contributed by atoms with Gasteiger partial charge in [-0.3, -0.25) is 20.4 Å². The summed E-state index contributed by atoms with van der Waals surface area (Å²) in [4.78, 5) is 24.4. The van der Waals surface area contributed by atoms with Crippen molar-refractivity contribution >= 4 is 11.8 Å². The number of hydrazine groups is 1. The van der Waals surface area contributed by atoms with E-state index in [4.69, 9.17) is 4.74 Å². The third kappa shape index (κ3) is 4.33. The van der Waals surface area contributed by atoms with Crippen LogP contribution in [0.25, 0.3) is 5.69 Å².